The van der Waals surface area contributed by atoms with Gasteiger partial charge in [0.2, 0.25) is 0 Å². The van der Waals surface area contributed by atoms with Gasteiger partial charge in [-0.25, -0.2) is 4.98 Å². The summed E-state index contributed by atoms with van der Waals surface area (Å²) < 4.78 is 4.49. The van der Waals surface area contributed by atoms with E-state index in [1.54, 1.807) is 12.1 Å². The van der Waals surface area contributed by atoms with Crippen LogP contribution in [0.3, 0.4) is 0 Å². The Balaban J connectivity index is 2.50. The number of hydrogen-bond acceptors (Lipinski definition) is 5. The Morgan fingerprint density at radius 1 is 1.67 bits per heavy atom. The van der Waals surface area contributed by atoms with Gasteiger partial charge in [0.15, 0.2) is 5.82 Å². The average molecular weight is 230 g/mol. The van der Waals surface area contributed by atoms with E-state index in [1.807, 2.05) is 0 Å². The summed E-state index contributed by atoms with van der Waals surface area (Å²) in [5.74, 6) is 0.189. The number of rotatable bonds is 4. The first kappa shape index (κ1) is 11.6. The molecule has 0 saturated carbocycles. The van der Waals surface area contributed by atoms with Crippen molar-refractivity contribution < 1.29 is 9.53 Å². The monoisotopic (exact) mass is 229 g/mol. The molecule has 0 amide bonds. The maximum atomic E-state index is 10.8. The lowest BCUT2D eigenvalue weighted by molar-refractivity contribution is -0.140. The number of nitrogen functional groups attached to an aromatic ring is 1. The summed E-state index contributed by atoms with van der Waals surface area (Å²) in [7, 11) is 1.34. The van der Waals surface area contributed by atoms with Gasteiger partial charge >= 0.3 is 5.97 Å². The second kappa shape index (κ2) is 5.41. The van der Waals surface area contributed by atoms with Gasteiger partial charge in [-0.05, 0) is 12.1 Å². The lowest BCUT2D eigenvalue weighted by Gasteiger charge is -2.07. The molecule has 5 nitrogen and oxygen atoms in total. The number of halogens is 1. The molecule has 0 aliphatic carbocycles. The first-order valence-corrected chi connectivity index (χ1v) is 4.74. The van der Waals surface area contributed by atoms with Gasteiger partial charge in [-0.2, -0.15) is 0 Å². The van der Waals surface area contributed by atoms with Crippen molar-refractivity contribution in [2.45, 2.75) is 6.42 Å². The normalized spacial score (nSPS) is 9.73. The zero-order valence-electron chi connectivity index (χ0n) is 8.29. The van der Waals surface area contributed by atoms with Gasteiger partial charge in [0.1, 0.15) is 5.15 Å². The number of esters is 1. The number of nitrogens with zero attached hydrogens (tertiary/aromatic N) is 1. The molecule has 1 rings (SSSR count). The Bertz CT molecular complexity index is 357. The maximum Gasteiger partial charge on any atom is 0.307 e. The largest absolute Gasteiger partial charge is 0.469 e. The molecule has 0 aromatic carbocycles. The van der Waals surface area contributed by atoms with Crippen molar-refractivity contribution in [3.63, 3.8) is 0 Å². The molecule has 1 aromatic heterocycles. The van der Waals surface area contributed by atoms with Crippen molar-refractivity contribution in [3.05, 3.63) is 17.3 Å². The molecule has 6 heteroatoms. The molecule has 0 radical (unpaired) electrons. The Labute approximate surface area is 92.6 Å². The molecule has 0 aliphatic heterocycles. The number of carbonyl (C=O) groups excluding carboxylic acids is 1. The Morgan fingerprint density at radius 3 is 3.07 bits per heavy atom. The molecule has 3 N–H and O–H groups in total. The van der Waals surface area contributed by atoms with Crippen LogP contribution in [0.5, 0.6) is 0 Å². The molecule has 0 unspecified atom stereocenters. The van der Waals surface area contributed by atoms with Crippen LogP contribution in [-0.2, 0) is 9.53 Å². The third-order valence-electron chi connectivity index (χ3n) is 1.74. The zero-order valence-corrected chi connectivity index (χ0v) is 9.04. The van der Waals surface area contributed by atoms with Crippen LogP contribution in [0.2, 0.25) is 5.15 Å². The molecule has 0 saturated heterocycles. The van der Waals surface area contributed by atoms with E-state index in [-0.39, 0.29) is 12.4 Å². The van der Waals surface area contributed by atoms with Crippen molar-refractivity contribution in [3.8, 4) is 0 Å². The Hall–Kier alpha value is -1.49. The first-order valence-electron chi connectivity index (χ1n) is 4.36. The van der Waals surface area contributed by atoms with Crippen molar-refractivity contribution in [1.29, 1.82) is 0 Å². The lowest BCUT2D eigenvalue weighted by Crippen LogP contribution is -2.11. The fraction of sp³-hybridized carbons (Fsp3) is 0.333. The van der Waals surface area contributed by atoms with Crippen LogP contribution >= 0.6 is 11.6 Å². The van der Waals surface area contributed by atoms with Crippen LogP contribution in [0.15, 0.2) is 12.1 Å². The second-order valence-electron chi connectivity index (χ2n) is 2.82. The van der Waals surface area contributed by atoms with Crippen molar-refractivity contribution in [2.24, 2.45) is 0 Å². The van der Waals surface area contributed by atoms with E-state index >= 15 is 0 Å². The van der Waals surface area contributed by atoms with Crippen LogP contribution in [0.1, 0.15) is 6.42 Å². The van der Waals surface area contributed by atoms with E-state index in [0.717, 1.165) is 0 Å². The number of aromatic nitrogens is 1. The number of anilines is 2. The van der Waals surface area contributed by atoms with Gasteiger partial charge in [0.05, 0.1) is 19.2 Å². The highest BCUT2D eigenvalue weighted by Gasteiger charge is 2.03. The summed E-state index contributed by atoms with van der Waals surface area (Å²) in [5, 5.41) is 3.25. The van der Waals surface area contributed by atoms with Gasteiger partial charge in [-0.1, -0.05) is 11.6 Å². The van der Waals surface area contributed by atoms with Gasteiger partial charge in [0, 0.05) is 6.54 Å². The third-order valence-corrected chi connectivity index (χ3v) is 1.95. The van der Waals surface area contributed by atoms with E-state index in [9.17, 15) is 4.79 Å². The highest BCUT2D eigenvalue weighted by Crippen LogP contribution is 2.17. The van der Waals surface area contributed by atoms with E-state index in [1.165, 1.54) is 7.11 Å². The molecule has 0 aliphatic rings. The summed E-state index contributed by atoms with van der Waals surface area (Å²) in [6, 6.07) is 3.25. The van der Waals surface area contributed by atoms with E-state index in [0.29, 0.717) is 23.2 Å². The van der Waals surface area contributed by atoms with Crippen molar-refractivity contribution in [2.75, 3.05) is 24.7 Å². The van der Waals surface area contributed by atoms with Gasteiger partial charge in [-0.15, -0.1) is 0 Å². The highest BCUT2D eigenvalue weighted by atomic mass is 35.5. The zero-order chi connectivity index (χ0) is 11.3. The minimum Gasteiger partial charge on any atom is -0.469 e. The summed E-state index contributed by atoms with van der Waals surface area (Å²) in [4.78, 5) is 14.8. The predicted octanol–water partition coefficient (Wildman–Crippen LogP) is 1.29. The molecule has 1 heterocycles. The van der Waals surface area contributed by atoms with Crippen LogP contribution < -0.4 is 11.1 Å². The Kier molecular flexibility index (Phi) is 4.17. The quantitative estimate of drug-likeness (QED) is 0.601. The van der Waals surface area contributed by atoms with E-state index in [4.69, 9.17) is 17.3 Å². The molecular formula is C9H12ClN3O2. The predicted molar refractivity (Wildman–Crippen MR) is 58.8 cm³/mol. The minimum absolute atomic E-state index is 0.254. The van der Waals surface area contributed by atoms with Crippen LogP contribution in [0, 0.1) is 0 Å². The van der Waals surface area contributed by atoms with Gasteiger partial charge in [-0.3, -0.25) is 4.79 Å². The van der Waals surface area contributed by atoms with Crippen LogP contribution in [0.4, 0.5) is 11.5 Å². The summed E-state index contributed by atoms with van der Waals surface area (Å²) in [5.41, 5.74) is 6.13. The topological polar surface area (TPSA) is 77.2 Å². The third kappa shape index (κ3) is 3.63. The van der Waals surface area contributed by atoms with Crippen LogP contribution in [-0.4, -0.2) is 24.6 Å². The van der Waals surface area contributed by atoms with E-state index in [2.05, 4.69) is 15.0 Å². The number of methoxy groups -OCH3 is 1. The van der Waals surface area contributed by atoms with E-state index < -0.39 is 0 Å². The molecule has 0 bridgehead atoms. The molecular weight excluding hydrogens is 218 g/mol. The standard InChI is InChI=1S/C9H12ClN3O2/c1-15-8(14)4-5-12-9-6(11)2-3-7(10)13-9/h2-3H,4-5,11H2,1H3,(H,12,13). The smallest absolute Gasteiger partial charge is 0.307 e. The summed E-state index contributed by atoms with van der Waals surface area (Å²) in [6.07, 6.45) is 0.254. The average Bonchev–Trinajstić information content (AvgIpc) is 2.23. The number of hydrogen-bond donors (Lipinski definition) is 2. The number of ether oxygens (including phenoxy) is 1. The number of carbonyl (C=O) groups is 1. The van der Waals surface area contributed by atoms with Gasteiger partial charge < -0.3 is 15.8 Å². The SMILES string of the molecule is COC(=O)CCNc1nc(Cl)ccc1N. The number of nitrogens with one attached hydrogen (secondary N) is 1. The summed E-state index contributed by atoms with van der Waals surface area (Å²) in [6.45, 7) is 0.407. The Morgan fingerprint density at radius 2 is 2.40 bits per heavy atom. The lowest BCUT2D eigenvalue weighted by atomic mass is 10.3. The highest BCUT2D eigenvalue weighted by molar-refractivity contribution is 6.29. The number of pyridine rings is 1. The second-order valence-corrected chi connectivity index (χ2v) is 3.21. The molecule has 82 valence electrons. The molecule has 0 atom stereocenters. The maximum absolute atomic E-state index is 10.8. The summed E-state index contributed by atoms with van der Waals surface area (Å²) >= 11 is 5.69. The molecule has 0 spiro atoms. The fourth-order valence-electron chi connectivity index (χ4n) is 0.973. The van der Waals surface area contributed by atoms with Crippen LogP contribution in [0.25, 0.3) is 0 Å². The van der Waals surface area contributed by atoms with Crippen molar-refractivity contribution >= 4 is 29.1 Å². The first-order chi connectivity index (χ1) is 7.13. The fourth-order valence-corrected chi connectivity index (χ4v) is 1.12. The number of nitrogens with two attached hydrogens (primary N) is 1. The molecule has 1 aromatic rings. The van der Waals surface area contributed by atoms with Crippen molar-refractivity contribution in [1.82, 2.24) is 4.98 Å². The van der Waals surface area contributed by atoms with Gasteiger partial charge in [0.25, 0.3) is 0 Å². The minimum atomic E-state index is -0.289. The molecule has 0 fully saturated rings. The molecule has 15 heavy (non-hydrogen) atoms.